The van der Waals surface area contributed by atoms with E-state index in [4.69, 9.17) is 4.74 Å². The van der Waals surface area contributed by atoms with Gasteiger partial charge in [0, 0.05) is 19.6 Å². The fourth-order valence-electron chi connectivity index (χ4n) is 1.57. The number of rotatable bonds is 4. The molecule has 1 aliphatic rings. The van der Waals surface area contributed by atoms with Gasteiger partial charge in [-0.1, -0.05) is 0 Å². The van der Waals surface area contributed by atoms with Crippen LogP contribution in [0.4, 0.5) is 0 Å². The summed E-state index contributed by atoms with van der Waals surface area (Å²) >= 11 is 0. The van der Waals surface area contributed by atoms with E-state index in [0.29, 0.717) is 13.0 Å². The second kappa shape index (κ2) is 4.69. The third-order valence-electron chi connectivity index (χ3n) is 3.41. The van der Waals surface area contributed by atoms with Crippen LogP contribution in [0.1, 0.15) is 27.2 Å². The number of amides is 1. The second-order valence-corrected chi connectivity index (χ2v) is 4.92. The van der Waals surface area contributed by atoms with E-state index in [0.717, 1.165) is 0 Å². The summed E-state index contributed by atoms with van der Waals surface area (Å²) in [4.78, 5) is 11.8. The number of aliphatic hydroxyl groups is 1. The molecule has 0 radical (unpaired) electrons. The van der Waals surface area contributed by atoms with Gasteiger partial charge in [0.15, 0.2) is 0 Å². The average Bonchev–Trinajstić information content (AvgIpc) is 2.56. The van der Waals surface area contributed by atoms with Crippen LogP contribution in [0.3, 0.4) is 0 Å². The smallest absolute Gasteiger partial charge is 0.239 e. The molecular weight excluding hydrogens is 208 g/mol. The summed E-state index contributed by atoms with van der Waals surface area (Å²) in [6, 6.07) is 0. The van der Waals surface area contributed by atoms with Crippen molar-refractivity contribution in [1.82, 2.24) is 10.6 Å². The van der Waals surface area contributed by atoms with Crippen molar-refractivity contribution in [2.24, 2.45) is 0 Å². The van der Waals surface area contributed by atoms with Crippen molar-refractivity contribution in [1.29, 1.82) is 0 Å². The largest absolute Gasteiger partial charge is 0.385 e. The highest BCUT2D eigenvalue weighted by Gasteiger charge is 2.40. The molecular formula is C11H22N2O3. The highest BCUT2D eigenvalue weighted by molar-refractivity contribution is 5.85. The van der Waals surface area contributed by atoms with E-state index >= 15 is 0 Å². The van der Waals surface area contributed by atoms with E-state index in [1.165, 1.54) is 0 Å². The molecule has 2 atom stereocenters. The first kappa shape index (κ1) is 13.4. The van der Waals surface area contributed by atoms with Gasteiger partial charge in [-0.15, -0.1) is 0 Å². The molecule has 1 saturated heterocycles. The van der Waals surface area contributed by atoms with Gasteiger partial charge in [0.2, 0.25) is 5.91 Å². The molecule has 1 heterocycles. The molecule has 3 N–H and O–H groups in total. The molecule has 2 unspecified atom stereocenters. The van der Waals surface area contributed by atoms with Crippen molar-refractivity contribution in [3.05, 3.63) is 0 Å². The second-order valence-electron chi connectivity index (χ2n) is 4.92. The van der Waals surface area contributed by atoms with Crippen LogP contribution < -0.4 is 10.6 Å². The molecule has 94 valence electrons. The van der Waals surface area contributed by atoms with Gasteiger partial charge in [-0.05, 0) is 27.8 Å². The molecule has 0 aromatic carbocycles. The van der Waals surface area contributed by atoms with E-state index in [2.05, 4.69) is 10.6 Å². The van der Waals surface area contributed by atoms with Gasteiger partial charge in [-0.3, -0.25) is 4.79 Å². The lowest BCUT2D eigenvalue weighted by Crippen LogP contribution is -2.55. The van der Waals surface area contributed by atoms with Crippen molar-refractivity contribution < 1.29 is 14.6 Å². The van der Waals surface area contributed by atoms with Crippen LogP contribution in [0.5, 0.6) is 0 Å². The average molecular weight is 230 g/mol. The zero-order chi connectivity index (χ0) is 12.4. The van der Waals surface area contributed by atoms with Crippen LogP contribution in [-0.2, 0) is 9.53 Å². The lowest BCUT2D eigenvalue weighted by atomic mass is 9.96. The van der Waals surface area contributed by atoms with E-state index in [9.17, 15) is 9.90 Å². The van der Waals surface area contributed by atoms with Crippen LogP contribution in [0.2, 0.25) is 0 Å². The first-order valence-corrected chi connectivity index (χ1v) is 5.63. The first-order chi connectivity index (χ1) is 7.32. The van der Waals surface area contributed by atoms with Crippen molar-refractivity contribution >= 4 is 5.91 Å². The predicted molar refractivity (Wildman–Crippen MR) is 61.1 cm³/mol. The summed E-state index contributed by atoms with van der Waals surface area (Å²) in [6.45, 7) is 6.19. The van der Waals surface area contributed by atoms with E-state index in [1.807, 2.05) is 6.92 Å². The Morgan fingerprint density at radius 2 is 2.25 bits per heavy atom. The number of hydrogen-bond acceptors (Lipinski definition) is 4. The normalized spacial score (nSPS) is 30.4. The number of hydrogen-bond donors (Lipinski definition) is 3. The fourth-order valence-corrected chi connectivity index (χ4v) is 1.57. The van der Waals surface area contributed by atoms with Crippen molar-refractivity contribution in [2.45, 2.75) is 44.4 Å². The number of likely N-dealkylation sites (N-methyl/N-ethyl adjacent to an activating group) is 1. The Morgan fingerprint density at radius 3 is 2.69 bits per heavy atom. The molecule has 1 rings (SSSR count). The Bertz CT molecular complexity index is 268. The van der Waals surface area contributed by atoms with Gasteiger partial charge in [-0.2, -0.15) is 0 Å². The summed E-state index contributed by atoms with van der Waals surface area (Å²) in [6.07, 6.45) is 0.333. The quantitative estimate of drug-likeness (QED) is 0.617. The molecule has 5 heteroatoms. The van der Waals surface area contributed by atoms with Crippen LogP contribution in [0, 0.1) is 0 Å². The highest BCUT2D eigenvalue weighted by atomic mass is 16.5. The van der Waals surface area contributed by atoms with E-state index in [-0.39, 0.29) is 18.6 Å². The Labute approximate surface area is 96.6 Å². The summed E-state index contributed by atoms with van der Waals surface area (Å²) in [5.74, 6) is -0.123. The molecule has 1 fully saturated rings. The lowest BCUT2D eigenvalue weighted by molar-refractivity contribution is -0.128. The van der Waals surface area contributed by atoms with Crippen molar-refractivity contribution in [2.75, 3.05) is 20.2 Å². The number of carbonyl (C=O) groups is 1. The van der Waals surface area contributed by atoms with Gasteiger partial charge < -0.3 is 20.5 Å². The minimum atomic E-state index is -0.931. The molecule has 0 spiro atoms. The molecule has 0 aromatic heterocycles. The molecule has 0 bridgehead atoms. The summed E-state index contributed by atoms with van der Waals surface area (Å²) in [7, 11) is 1.73. The SMILES string of the molecule is CNC(C)(C)C(=O)NCC1(O)CCOC1C. The van der Waals surface area contributed by atoms with Crippen LogP contribution in [0.25, 0.3) is 0 Å². The predicted octanol–water partition coefficient (Wildman–Crippen LogP) is -0.359. The summed E-state index contributed by atoms with van der Waals surface area (Å²) < 4.78 is 5.30. The Kier molecular flexibility index (Phi) is 3.93. The monoisotopic (exact) mass is 230 g/mol. The number of carbonyl (C=O) groups excluding carboxylic acids is 1. The molecule has 16 heavy (non-hydrogen) atoms. The van der Waals surface area contributed by atoms with Crippen LogP contribution in [0.15, 0.2) is 0 Å². The van der Waals surface area contributed by atoms with Crippen LogP contribution in [-0.4, -0.2) is 48.5 Å². The molecule has 0 saturated carbocycles. The Balaban J connectivity index is 2.49. The zero-order valence-corrected chi connectivity index (χ0v) is 10.5. The Morgan fingerprint density at radius 1 is 1.62 bits per heavy atom. The molecule has 5 nitrogen and oxygen atoms in total. The van der Waals surface area contributed by atoms with E-state index < -0.39 is 11.1 Å². The maximum absolute atomic E-state index is 11.8. The van der Waals surface area contributed by atoms with Crippen molar-refractivity contribution in [3.63, 3.8) is 0 Å². The van der Waals surface area contributed by atoms with E-state index in [1.54, 1.807) is 20.9 Å². The lowest BCUT2D eigenvalue weighted by Gasteiger charge is -2.29. The summed E-state index contributed by atoms with van der Waals surface area (Å²) in [5.41, 5.74) is -1.56. The molecule has 1 amide bonds. The Hall–Kier alpha value is -0.650. The fraction of sp³-hybridized carbons (Fsp3) is 0.909. The van der Waals surface area contributed by atoms with Gasteiger partial charge in [0.05, 0.1) is 11.6 Å². The van der Waals surface area contributed by atoms with Gasteiger partial charge in [0.25, 0.3) is 0 Å². The third-order valence-corrected chi connectivity index (χ3v) is 3.41. The molecule has 0 aliphatic carbocycles. The van der Waals surface area contributed by atoms with Crippen molar-refractivity contribution in [3.8, 4) is 0 Å². The van der Waals surface area contributed by atoms with Gasteiger partial charge in [0.1, 0.15) is 5.60 Å². The maximum Gasteiger partial charge on any atom is 0.239 e. The standard InChI is InChI=1S/C11H22N2O3/c1-8-11(15,5-6-16-8)7-13-9(14)10(2,3)12-4/h8,12,15H,5-7H2,1-4H3,(H,13,14). The van der Waals surface area contributed by atoms with Gasteiger partial charge >= 0.3 is 0 Å². The number of ether oxygens (including phenoxy) is 1. The minimum Gasteiger partial charge on any atom is -0.385 e. The zero-order valence-electron chi connectivity index (χ0n) is 10.5. The highest BCUT2D eigenvalue weighted by Crippen LogP contribution is 2.24. The maximum atomic E-state index is 11.8. The minimum absolute atomic E-state index is 0.123. The number of nitrogens with one attached hydrogen (secondary N) is 2. The molecule has 0 aromatic rings. The molecule has 1 aliphatic heterocycles. The third kappa shape index (κ3) is 2.72. The van der Waals surface area contributed by atoms with Gasteiger partial charge in [-0.25, -0.2) is 0 Å². The first-order valence-electron chi connectivity index (χ1n) is 5.63. The van der Waals surface area contributed by atoms with Crippen LogP contribution >= 0.6 is 0 Å². The summed E-state index contributed by atoms with van der Waals surface area (Å²) in [5, 5.41) is 15.9. The topological polar surface area (TPSA) is 70.6 Å².